The molecule has 11 heteroatoms. The van der Waals surface area contributed by atoms with Crippen molar-refractivity contribution >= 4 is 27.6 Å². The van der Waals surface area contributed by atoms with Crippen LogP contribution in [-0.2, 0) is 10.0 Å². The second-order valence-electron chi connectivity index (χ2n) is 10.4. The Morgan fingerprint density at radius 2 is 1.87 bits per heavy atom. The second-order valence-corrected chi connectivity index (χ2v) is 12.0. The first kappa shape index (κ1) is 29.8. The van der Waals surface area contributed by atoms with Crippen LogP contribution in [0.1, 0.15) is 57.8 Å². The number of anilines is 2. The number of nitrogens with one attached hydrogen (secondary N) is 1. The Bertz CT molecular complexity index is 1440. The van der Waals surface area contributed by atoms with Crippen LogP contribution in [0.15, 0.2) is 53.6 Å². The minimum absolute atomic E-state index is 0.00455. The Labute approximate surface area is 229 Å². The van der Waals surface area contributed by atoms with Crippen molar-refractivity contribution in [1.29, 1.82) is 0 Å². The molecule has 2 heterocycles. The fourth-order valence-electron chi connectivity index (χ4n) is 3.97. The van der Waals surface area contributed by atoms with Gasteiger partial charge in [-0.2, -0.15) is 8.42 Å². The van der Waals surface area contributed by atoms with Crippen molar-refractivity contribution in [2.75, 3.05) is 24.3 Å². The van der Waals surface area contributed by atoms with Crippen LogP contribution in [0, 0.1) is 11.7 Å². The van der Waals surface area contributed by atoms with Gasteiger partial charge in [0.25, 0.3) is 15.9 Å². The minimum Gasteiger partial charge on any atom is -0.493 e. The van der Waals surface area contributed by atoms with Crippen molar-refractivity contribution in [1.82, 2.24) is 14.7 Å². The number of halogens is 1. The lowest BCUT2D eigenvalue weighted by molar-refractivity contribution is 0.0981. The number of benzene rings is 1. The van der Waals surface area contributed by atoms with E-state index in [4.69, 9.17) is 15.5 Å². The standard InChI is InChI=1S/C28H36FN5O4S/c1-7-13-28(4,5)34(6)26-22(27(35)33-39(36,37)25-10-8-9-24(30)32-25)11-12-23(31-26)19-14-20(29)16-21(15-19)38-17-18(2)3/h8-12,14-16,18H,7,13,17H2,1-6H3,(H2,30,32)(H,33,35). The van der Waals surface area contributed by atoms with Crippen LogP contribution < -0.4 is 20.1 Å². The molecular formula is C28H36FN5O4S. The molecule has 39 heavy (non-hydrogen) atoms. The molecule has 3 rings (SSSR count). The number of carbonyl (C=O) groups is 1. The average molecular weight is 558 g/mol. The van der Waals surface area contributed by atoms with Crippen molar-refractivity contribution in [2.24, 2.45) is 5.92 Å². The van der Waals surface area contributed by atoms with Gasteiger partial charge in [-0.1, -0.05) is 33.3 Å². The topological polar surface area (TPSA) is 128 Å². The van der Waals surface area contributed by atoms with E-state index in [-0.39, 0.29) is 28.1 Å². The minimum atomic E-state index is -4.31. The molecule has 1 amide bonds. The quantitative estimate of drug-likeness (QED) is 0.336. The van der Waals surface area contributed by atoms with E-state index in [0.717, 1.165) is 12.8 Å². The SMILES string of the molecule is CCCC(C)(C)N(C)c1nc(-c2cc(F)cc(OCC(C)C)c2)ccc1C(=O)NS(=O)(=O)c1cccc(N)n1. The fourth-order valence-corrected chi connectivity index (χ4v) is 4.92. The molecule has 0 radical (unpaired) electrons. The number of nitrogen functional groups attached to an aromatic ring is 1. The first-order valence-electron chi connectivity index (χ1n) is 12.7. The van der Waals surface area contributed by atoms with E-state index in [9.17, 15) is 17.6 Å². The molecule has 0 fully saturated rings. The molecule has 3 N–H and O–H groups in total. The van der Waals surface area contributed by atoms with Crippen molar-refractivity contribution in [3.05, 3.63) is 59.9 Å². The third-order valence-electron chi connectivity index (χ3n) is 6.21. The van der Waals surface area contributed by atoms with E-state index in [1.54, 1.807) is 19.2 Å². The van der Waals surface area contributed by atoms with E-state index in [1.807, 2.05) is 39.5 Å². The highest BCUT2D eigenvalue weighted by Gasteiger charge is 2.30. The van der Waals surface area contributed by atoms with Crippen molar-refractivity contribution in [2.45, 2.75) is 58.0 Å². The van der Waals surface area contributed by atoms with Crippen LogP contribution in [-0.4, -0.2) is 43.5 Å². The Balaban J connectivity index is 2.08. The maximum absolute atomic E-state index is 14.5. The van der Waals surface area contributed by atoms with Gasteiger partial charge in [0.15, 0.2) is 5.03 Å². The molecule has 0 spiro atoms. The Morgan fingerprint density at radius 1 is 1.15 bits per heavy atom. The lowest BCUT2D eigenvalue weighted by Gasteiger charge is -2.37. The summed E-state index contributed by atoms with van der Waals surface area (Å²) in [5, 5.41) is -0.379. The predicted octanol–water partition coefficient (Wildman–Crippen LogP) is 5.03. The largest absolute Gasteiger partial charge is 0.493 e. The van der Waals surface area contributed by atoms with E-state index in [0.29, 0.717) is 23.6 Å². The molecule has 2 aromatic heterocycles. The smallest absolute Gasteiger partial charge is 0.281 e. The number of amides is 1. The number of pyridine rings is 2. The number of hydrogen-bond donors (Lipinski definition) is 2. The number of sulfonamides is 1. The highest BCUT2D eigenvalue weighted by Crippen LogP contribution is 2.32. The van der Waals surface area contributed by atoms with Crippen molar-refractivity contribution in [3.63, 3.8) is 0 Å². The highest BCUT2D eigenvalue weighted by atomic mass is 32.2. The maximum Gasteiger partial charge on any atom is 0.281 e. The summed E-state index contributed by atoms with van der Waals surface area (Å²) >= 11 is 0. The zero-order valence-electron chi connectivity index (χ0n) is 23.2. The summed E-state index contributed by atoms with van der Waals surface area (Å²) in [5.74, 6) is -0.501. The van der Waals surface area contributed by atoms with Gasteiger partial charge in [0.2, 0.25) is 0 Å². The van der Waals surface area contributed by atoms with Crippen LogP contribution in [0.4, 0.5) is 16.0 Å². The third-order valence-corrected chi connectivity index (χ3v) is 7.44. The number of carbonyl (C=O) groups excluding carboxylic acids is 1. The molecule has 0 saturated carbocycles. The summed E-state index contributed by atoms with van der Waals surface area (Å²) in [6, 6.07) is 11.5. The number of hydrogen-bond acceptors (Lipinski definition) is 8. The summed E-state index contributed by atoms with van der Waals surface area (Å²) in [6.45, 7) is 10.5. The van der Waals surface area contributed by atoms with Gasteiger partial charge in [0.05, 0.1) is 17.9 Å². The van der Waals surface area contributed by atoms with Crippen molar-refractivity contribution < 1.29 is 22.3 Å². The summed E-state index contributed by atoms with van der Waals surface area (Å²) in [5.41, 5.74) is 6.08. The number of nitrogens with two attached hydrogens (primary N) is 1. The van der Waals surface area contributed by atoms with E-state index >= 15 is 0 Å². The van der Waals surface area contributed by atoms with Gasteiger partial charge < -0.3 is 15.4 Å². The Hall–Kier alpha value is -3.73. The normalized spacial score (nSPS) is 11.9. The van der Waals surface area contributed by atoms with Gasteiger partial charge in [-0.3, -0.25) is 4.79 Å². The number of nitrogens with zero attached hydrogens (tertiary/aromatic N) is 3. The summed E-state index contributed by atoms with van der Waals surface area (Å²) in [7, 11) is -2.52. The highest BCUT2D eigenvalue weighted by molar-refractivity contribution is 7.90. The fraction of sp³-hybridized carbons (Fsp3) is 0.393. The first-order valence-corrected chi connectivity index (χ1v) is 14.2. The zero-order valence-corrected chi connectivity index (χ0v) is 24.0. The summed E-state index contributed by atoms with van der Waals surface area (Å²) < 4.78 is 48.1. The molecular weight excluding hydrogens is 521 g/mol. The lowest BCUT2D eigenvalue weighted by Crippen LogP contribution is -2.43. The van der Waals surface area contributed by atoms with Crippen LogP contribution in [0.25, 0.3) is 11.3 Å². The van der Waals surface area contributed by atoms with E-state index < -0.39 is 27.3 Å². The number of ether oxygens (including phenoxy) is 1. The molecule has 0 aliphatic rings. The average Bonchev–Trinajstić information content (AvgIpc) is 2.86. The molecule has 1 aromatic carbocycles. The molecule has 0 atom stereocenters. The van der Waals surface area contributed by atoms with Gasteiger partial charge in [-0.05, 0) is 62.6 Å². The second kappa shape index (κ2) is 12.0. The molecule has 210 valence electrons. The van der Waals surface area contributed by atoms with Crippen LogP contribution in [0.5, 0.6) is 5.75 Å². The molecule has 0 bridgehead atoms. The van der Waals surface area contributed by atoms with Crippen LogP contribution in [0.3, 0.4) is 0 Å². The Morgan fingerprint density at radius 3 is 2.51 bits per heavy atom. The molecule has 9 nitrogen and oxygen atoms in total. The van der Waals surface area contributed by atoms with Gasteiger partial charge >= 0.3 is 0 Å². The molecule has 0 aliphatic carbocycles. The van der Waals surface area contributed by atoms with Gasteiger partial charge in [0.1, 0.15) is 23.2 Å². The summed E-state index contributed by atoms with van der Waals surface area (Å²) in [6.07, 6.45) is 1.64. The number of aromatic nitrogens is 2. The lowest BCUT2D eigenvalue weighted by atomic mass is 9.96. The van der Waals surface area contributed by atoms with E-state index in [1.165, 1.54) is 36.4 Å². The molecule has 3 aromatic rings. The van der Waals surface area contributed by atoms with Gasteiger partial charge in [-0.15, -0.1) is 0 Å². The van der Waals surface area contributed by atoms with E-state index in [2.05, 4.69) is 9.71 Å². The first-order chi connectivity index (χ1) is 18.2. The van der Waals surface area contributed by atoms with Gasteiger partial charge in [0, 0.05) is 24.2 Å². The van der Waals surface area contributed by atoms with Crippen LogP contribution in [0.2, 0.25) is 0 Å². The Kier molecular flexibility index (Phi) is 9.16. The summed E-state index contributed by atoms with van der Waals surface area (Å²) in [4.78, 5) is 23.7. The molecule has 0 unspecified atom stereocenters. The zero-order chi connectivity index (χ0) is 29.0. The predicted molar refractivity (Wildman–Crippen MR) is 151 cm³/mol. The number of rotatable bonds is 11. The maximum atomic E-state index is 14.5. The van der Waals surface area contributed by atoms with Crippen molar-refractivity contribution in [3.8, 4) is 17.0 Å². The third kappa shape index (κ3) is 7.44. The molecule has 0 saturated heterocycles. The molecule has 0 aliphatic heterocycles. The van der Waals surface area contributed by atoms with Gasteiger partial charge in [-0.25, -0.2) is 19.1 Å². The van der Waals surface area contributed by atoms with Crippen LogP contribution >= 0.6 is 0 Å². The monoisotopic (exact) mass is 557 g/mol.